The average molecular weight is 415 g/mol. The lowest BCUT2D eigenvalue weighted by molar-refractivity contribution is -0.124. The van der Waals surface area contributed by atoms with E-state index in [-0.39, 0.29) is 18.4 Å². The summed E-state index contributed by atoms with van der Waals surface area (Å²) < 4.78 is 26.8. The molecule has 0 radical (unpaired) electrons. The minimum Gasteiger partial charge on any atom is -0.490 e. The quantitative estimate of drug-likeness (QED) is 0.629. The number of carbonyl (C=O) groups excluding carboxylic acids is 2. The van der Waals surface area contributed by atoms with E-state index in [0.717, 1.165) is 5.56 Å². The normalized spacial score (nSPS) is 12.8. The number of hydrogen-bond donors (Lipinski definition) is 1. The van der Waals surface area contributed by atoms with E-state index in [2.05, 4.69) is 5.32 Å². The summed E-state index contributed by atoms with van der Waals surface area (Å²) in [6, 6.07) is 9.93. The number of fused-ring (bicyclic) bond motifs is 1. The van der Waals surface area contributed by atoms with Crippen molar-refractivity contribution in [1.29, 1.82) is 0 Å². The Hall–Kier alpha value is -3.42. The predicted octanol–water partition coefficient (Wildman–Crippen LogP) is 3.25. The standard InChI is InChI=1S/C22H25NO7/c1-4-26-17-9-7-16(11-19(17)27-5-2)22(25)28-12-21(24)23-14(3)15-6-8-18-20(10-15)30-13-29-18/h6-11,14H,4-5,12-13H2,1-3H3,(H,23,24)/t14-/m1/s1. The molecule has 1 amide bonds. The van der Waals surface area contributed by atoms with Crippen LogP contribution in [0.25, 0.3) is 0 Å². The Morgan fingerprint density at radius 1 is 1.00 bits per heavy atom. The van der Waals surface area contributed by atoms with Crippen molar-refractivity contribution in [2.45, 2.75) is 26.8 Å². The van der Waals surface area contributed by atoms with Crippen molar-refractivity contribution in [1.82, 2.24) is 5.32 Å². The van der Waals surface area contributed by atoms with E-state index >= 15 is 0 Å². The molecule has 0 aromatic heterocycles. The van der Waals surface area contributed by atoms with Gasteiger partial charge >= 0.3 is 5.97 Å². The summed E-state index contributed by atoms with van der Waals surface area (Å²) in [5.41, 5.74) is 1.13. The van der Waals surface area contributed by atoms with Gasteiger partial charge in [-0.05, 0) is 56.7 Å². The summed E-state index contributed by atoms with van der Waals surface area (Å²) >= 11 is 0. The molecule has 2 aromatic carbocycles. The molecule has 8 heteroatoms. The van der Waals surface area contributed by atoms with Gasteiger partial charge < -0.3 is 29.0 Å². The van der Waals surface area contributed by atoms with E-state index in [0.29, 0.717) is 36.2 Å². The Bertz CT molecular complexity index is 912. The lowest BCUT2D eigenvalue weighted by atomic mass is 10.1. The Labute approximate surface area is 175 Å². The lowest BCUT2D eigenvalue weighted by Crippen LogP contribution is -2.31. The maximum absolute atomic E-state index is 12.3. The summed E-state index contributed by atoms with van der Waals surface area (Å²) in [7, 11) is 0. The van der Waals surface area contributed by atoms with Crippen molar-refractivity contribution >= 4 is 11.9 Å². The van der Waals surface area contributed by atoms with Gasteiger partial charge in [0.05, 0.1) is 24.8 Å². The van der Waals surface area contributed by atoms with Gasteiger partial charge in [-0.3, -0.25) is 4.79 Å². The first-order valence-electron chi connectivity index (χ1n) is 9.77. The molecule has 0 saturated carbocycles. The number of carbonyl (C=O) groups is 2. The zero-order valence-electron chi connectivity index (χ0n) is 17.2. The highest BCUT2D eigenvalue weighted by atomic mass is 16.7. The third kappa shape index (κ3) is 5.14. The fourth-order valence-electron chi connectivity index (χ4n) is 2.94. The van der Waals surface area contributed by atoms with Crippen molar-refractivity contribution in [3.63, 3.8) is 0 Å². The topological polar surface area (TPSA) is 92.3 Å². The number of esters is 1. The van der Waals surface area contributed by atoms with E-state index < -0.39 is 18.5 Å². The number of amides is 1. The molecule has 1 atom stereocenters. The van der Waals surface area contributed by atoms with Gasteiger partial charge in [-0.15, -0.1) is 0 Å². The van der Waals surface area contributed by atoms with Gasteiger partial charge in [0.25, 0.3) is 5.91 Å². The number of rotatable bonds is 9. The molecule has 30 heavy (non-hydrogen) atoms. The number of nitrogens with one attached hydrogen (secondary N) is 1. The van der Waals surface area contributed by atoms with Gasteiger partial charge in [0.2, 0.25) is 6.79 Å². The van der Waals surface area contributed by atoms with Crippen LogP contribution in [0.3, 0.4) is 0 Å². The Kier molecular flexibility index (Phi) is 7.00. The molecule has 1 N–H and O–H groups in total. The molecule has 0 saturated heterocycles. The third-order valence-electron chi connectivity index (χ3n) is 4.39. The second kappa shape index (κ2) is 9.87. The summed E-state index contributed by atoms with van der Waals surface area (Å²) in [6.45, 7) is 6.23. The van der Waals surface area contributed by atoms with E-state index in [1.807, 2.05) is 32.9 Å². The van der Waals surface area contributed by atoms with E-state index in [9.17, 15) is 9.59 Å². The Morgan fingerprint density at radius 3 is 2.50 bits per heavy atom. The molecular formula is C22H25NO7. The van der Waals surface area contributed by atoms with Gasteiger partial charge in [-0.25, -0.2) is 4.79 Å². The molecular weight excluding hydrogens is 390 g/mol. The molecule has 0 bridgehead atoms. The van der Waals surface area contributed by atoms with Crippen LogP contribution in [0.2, 0.25) is 0 Å². The minimum atomic E-state index is -0.620. The van der Waals surface area contributed by atoms with Crippen LogP contribution in [-0.2, 0) is 9.53 Å². The molecule has 0 spiro atoms. The average Bonchev–Trinajstić information content (AvgIpc) is 3.21. The van der Waals surface area contributed by atoms with Crippen LogP contribution in [0, 0.1) is 0 Å². The highest BCUT2D eigenvalue weighted by molar-refractivity contribution is 5.92. The van der Waals surface area contributed by atoms with E-state index in [1.165, 1.54) is 0 Å². The summed E-state index contributed by atoms with van der Waals surface area (Å²) in [4.78, 5) is 24.5. The lowest BCUT2D eigenvalue weighted by Gasteiger charge is -2.15. The van der Waals surface area contributed by atoms with Crippen LogP contribution in [0.4, 0.5) is 0 Å². The molecule has 8 nitrogen and oxygen atoms in total. The molecule has 1 aliphatic rings. The van der Waals surface area contributed by atoms with Crippen LogP contribution >= 0.6 is 0 Å². The molecule has 2 aromatic rings. The van der Waals surface area contributed by atoms with Gasteiger partial charge in [-0.2, -0.15) is 0 Å². The Morgan fingerprint density at radius 2 is 1.73 bits per heavy atom. The molecule has 0 aliphatic carbocycles. The molecule has 1 aliphatic heterocycles. The van der Waals surface area contributed by atoms with Gasteiger partial charge in [0, 0.05) is 0 Å². The third-order valence-corrected chi connectivity index (χ3v) is 4.39. The summed E-state index contributed by atoms with van der Waals surface area (Å²) in [6.07, 6.45) is 0. The first-order chi connectivity index (χ1) is 14.5. The molecule has 3 rings (SSSR count). The second-order valence-electron chi connectivity index (χ2n) is 6.51. The second-order valence-corrected chi connectivity index (χ2v) is 6.51. The molecule has 0 unspecified atom stereocenters. The van der Waals surface area contributed by atoms with Crippen LogP contribution in [-0.4, -0.2) is 38.5 Å². The van der Waals surface area contributed by atoms with Crippen molar-refractivity contribution in [3.05, 3.63) is 47.5 Å². The number of benzene rings is 2. The van der Waals surface area contributed by atoms with Gasteiger partial charge in [0.15, 0.2) is 29.6 Å². The van der Waals surface area contributed by atoms with Crippen molar-refractivity contribution in [2.24, 2.45) is 0 Å². The minimum absolute atomic E-state index is 0.187. The zero-order chi connectivity index (χ0) is 21.5. The first-order valence-corrected chi connectivity index (χ1v) is 9.77. The number of ether oxygens (including phenoxy) is 5. The highest BCUT2D eigenvalue weighted by Gasteiger charge is 2.18. The summed E-state index contributed by atoms with van der Waals surface area (Å²) in [5, 5.41) is 2.79. The van der Waals surface area contributed by atoms with Crippen molar-refractivity contribution in [2.75, 3.05) is 26.6 Å². The fraction of sp³-hybridized carbons (Fsp3) is 0.364. The maximum atomic E-state index is 12.3. The largest absolute Gasteiger partial charge is 0.490 e. The van der Waals surface area contributed by atoms with Gasteiger partial charge in [0.1, 0.15) is 0 Å². The first kappa shape index (κ1) is 21.3. The van der Waals surface area contributed by atoms with Gasteiger partial charge in [-0.1, -0.05) is 6.07 Å². The highest BCUT2D eigenvalue weighted by Crippen LogP contribution is 2.34. The molecule has 0 fully saturated rings. The number of hydrogen-bond acceptors (Lipinski definition) is 7. The smallest absolute Gasteiger partial charge is 0.338 e. The van der Waals surface area contributed by atoms with Crippen molar-refractivity contribution < 1.29 is 33.3 Å². The SMILES string of the molecule is CCOc1ccc(C(=O)OCC(=O)N[C@H](C)c2ccc3c(c2)OCO3)cc1OCC. The zero-order valence-corrected chi connectivity index (χ0v) is 17.2. The monoisotopic (exact) mass is 415 g/mol. The van der Waals surface area contributed by atoms with Crippen LogP contribution in [0.1, 0.15) is 42.7 Å². The fourth-order valence-corrected chi connectivity index (χ4v) is 2.94. The van der Waals surface area contributed by atoms with Crippen LogP contribution in [0.5, 0.6) is 23.0 Å². The van der Waals surface area contributed by atoms with E-state index in [4.69, 9.17) is 23.7 Å². The predicted molar refractivity (Wildman–Crippen MR) is 108 cm³/mol. The van der Waals surface area contributed by atoms with Crippen LogP contribution in [0.15, 0.2) is 36.4 Å². The van der Waals surface area contributed by atoms with Crippen LogP contribution < -0.4 is 24.3 Å². The van der Waals surface area contributed by atoms with Crippen molar-refractivity contribution in [3.8, 4) is 23.0 Å². The summed E-state index contributed by atoms with van der Waals surface area (Å²) in [5.74, 6) is 1.28. The molecule has 160 valence electrons. The molecule has 1 heterocycles. The Balaban J connectivity index is 1.55. The maximum Gasteiger partial charge on any atom is 0.338 e. The van der Waals surface area contributed by atoms with E-state index in [1.54, 1.807) is 24.3 Å².